The summed E-state index contributed by atoms with van der Waals surface area (Å²) in [6.45, 7) is 0.0244. The van der Waals surface area contributed by atoms with Gasteiger partial charge >= 0.3 is 0 Å². The number of anilines is 1. The number of hydrogen-bond donors (Lipinski definition) is 0. The summed E-state index contributed by atoms with van der Waals surface area (Å²) in [5.74, 6) is 0.592. The molecule has 0 aliphatic rings. The van der Waals surface area contributed by atoms with Gasteiger partial charge in [-0.3, -0.25) is 4.79 Å². The van der Waals surface area contributed by atoms with Crippen LogP contribution < -0.4 is 9.64 Å². The Bertz CT molecular complexity index is 723. The molecular weight excluding hydrogens is 288 g/mol. The third kappa shape index (κ3) is 4.72. The van der Waals surface area contributed by atoms with Crippen molar-refractivity contribution < 1.29 is 9.53 Å². The fourth-order valence-electron chi connectivity index (χ4n) is 1.98. The molecule has 0 saturated heterocycles. The van der Waals surface area contributed by atoms with Crippen molar-refractivity contribution in [2.24, 2.45) is 0 Å². The maximum Gasteiger partial charge on any atom is 0.185 e. The highest BCUT2D eigenvalue weighted by molar-refractivity contribution is 6.06. The zero-order chi connectivity index (χ0) is 16.7. The Balaban J connectivity index is 2.01. The van der Waals surface area contributed by atoms with E-state index in [1.54, 1.807) is 24.3 Å². The second kappa shape index (κ2) is 7.81. The molecule has 0 radical (unpaired) electrons. The molecule has 0 spiro atoms. The number of nitrogens with zero attached hydrogens (tertiary/aromatic N) is 2. The minimum Gasteiger partial charge on any atom is -0.479 e. The topological polar surface area (TPSA) is 53.3 Å². The van der Waals surface area contributed by atoms with Crippen LogP contribution in [-0.2, 0) is 0 Å². The molecule has 0 aliphatic heterocycles. The van der Waals surface area contributed by atoms with E-state index in [1.165, 1.54) is 0 Å². The van der Waals surface area contributed by atoms with Crippen LogP contribution in [0, 0.1) is 11.3 Å². The number of rotatable bonds is 6. The molecule has 0 fully saturated rings. The zero-order valence-corrected chi connectivity index (χ0v) is 13.2. The maximum absolute atomic E-state index is 12.1. The number of ketones is 1. The Morgan fingerprint density at radius 2 is 1.78 bits per heavy atom. The van der Waals surface area contributed by atoms with Crippen molar-refractivity contribution in [2.45, 2.75) is 0 Å². The monoisotopic (exact) mass is 306 g/mol. The first-order chi connectivity index (χ1) is 11.1. The third-order valence-electron chi connectivity index (χ3n) is 3.28. The summed E-state index contributed by atoms with van der Waals surface area (Å²) in [6.07, 6.45) is 3.31. The molecule has 0 saturated carbocycles. The summed E-state index contributed by atoms with van der Waals surface area (Å²) < 4.78 is 5.18. The smallest absolute Gasteiger partial charge is 0.185 e. The predicted molar refractivity (Wildman–Crippen MR) is 91.7 cm³/mol. The lowest BCUT2D eigenvalue weighted by Gasteiger charge is -2.11. The Morgan fingerprint density at radius 1 is 1.13 bits per heavy atom. The van der Waals surface area contributed by atoms with E-state index in [2.05, 4.69) is 0 Å². The highest BCUT2D eigenvalue weighted by atomic mass is 16.5. The highest BCUT2D eigenvalue weighted by Crippen LogP contribution is 2.15. The van der Waals surface area contributed by atoms with Gasteiger partial charge in [-0.15, -0.1) is 0 Å². The molecule has 0 aromatic heterocycles. The number of benzene rings is 2. The molecule has 0 N–H and O–H groups in total. The van der Waals surface area contributed by atoms with Crippen LogP contribution in [0.4, 0.5) is 5.69 Å². The van der Waals surface area contributed by atoms with Gasteiger partial charge in [0.05, 0.1) is 0 Å². The largest absolute Gasteiger partial charge is 0.479 e. The van der Waals surface area contributed by atoms with Gasteiger partial charge < -0.3 is 9.64 Å². The Labute approximate surface area is 136 Å². The third-order valence-corrected chi connectivity index (χ3v) is 3.28. The van der Waals surface area contributed by atoms with Crippen LogP contribution in [0.5, 0.6) is 5.75 Å². The van der Waals surface area contributed by atoms with Crippen molar-refractivity contribution in [2.75, 3.05) is 25.6 Å². The minimum atomic E-state index is -0.0416. The second-order valence-corrected chi connectivity index (χ2v) is 5.15. The van der Waals surface area contributed by atoms with Crippen LogP contribution in [-0.4, -0.2) is 26.5 Å². The van der Waals surface area contributed by atoms with Crippen molar-refractivity contribution in [3.8, 4) is 11.8 Å². The zero-order valence-electron chi connectivity index (χ0n) is 13.2. The average molecular weight is 306 g/mol. The SMILES string of the molecule is CN(C)c1ccc(C(=O)/C=C/c2ccc(OCC#N)cc2)cc1. The fourth-order valence-corrected chi connectivity index (χ4v) is 1.98. The fraction of sp³-hybridized carbons (Fsp3) is 0.158. The van der Waals surface area contributed by atoms with E-state index in [0.29, 0.717) is 11.3 Å². The maximum atomic E-state index is 12.1. The summed E-state index contributed by atoms with van der Waals surface area (Å²) in [5, 5.41) is 8.46. The van der Waals surface area contributed by atoms with Gasteiger partial charge in [-0.25, -0.2) is 0 Å². The van der Waals surface area contributed by atoms with Crippen LogP contribution in [0.15, 0.2) is 54.6 Å². The molecule has 0 atom stereocenters. The molecule has 2 rings (SSSR count). The molecule has 0 bridgehead atoms. The molecule has 0 amide bonds. The van der Waals surface area contributed by atoms with Crippen molar-refractivity contribution in [3.05, 3.63) is 65.7 Å². The first-order valence-electron chi connectivity index (χ1n) is 7.20. The van der Waals surface area contributed by atoms with E-state index >= 15 is 0 Å². The van der Waals surface area contributed by atoms with E-state index in [-0.39, 0.29) is 12.4 Å². The van der Waals surface area contributed by atoms with E-state index < -0.39 is 0 Å². The quantitative estimate of drug-likeness (QED) is 0.605. The molecule has 4 nitrogen and oxygen atoms in total. The first kappa shape index (κ1) is 16.3. The standard InChI is InChI=1S/C19H18N2O2/c1-21(2)17-8-6-16(7-9-17)19(22)12-5-15-3-10-18(11-4-15)23-14-13-20/h3-12H,14H2,1-2H3/b12-5+. The average Bonchev–Trinajstić information content (AvgIpc) is 2.58. The molecule has 0 heterocycles. The molecule has 4 heteroatoms. The summed E-state index contributed by atoms with van der Waals surface area (Å²) in [7, 11) is 3.92. The summed E-state index contributed by atoms with van der Waals surface area (Å²) in [5.41, 5.74) is 2.60. The lowest BCUT2D eigenvalue weighted by atomic mass is 10.1. The molecule has 23 heavy (non-hydrogen) atoms. The normalized spacial score (nSPS) is 10.3. The van der Waals surface area contributed by atoms with Gasteiger partial charge in [0.1, 0.15) is 11.8 Å². The van der Waals surface area contributed by atoms with Crippen molar-refractivity contribution in [1.82, 2.24) is 0 Å². The summed E-state index contributed by atoms with van der Waals surface area (Å²) in [6, 6.07) is 16.6. The van der Waals surface area contributed by atoms with E-state index in [4.69, 9.17) is 10.00 Å². The number of nitriles is 1. The van der Waals surface area contributed by atoms with Crippen molar-refractivity contribution in [3.63, 3.8) is 0 Å². The molecule has 2 aromatic rings. The van der Waals surface area contributed by atoms with Crippen molar-refractivity contribution >= 4 is 17.5 Å². The van der Waals surface area contributed by atoms with Gasteiger partial charge in [0.15, 0.2) is 12.4 Å². The van der Waals surface area contributed by atoms with Crippen LogP contribution in [0.1, 0.15) is 15.9 Å². The molecule has 2 aromatic carbocycles. The van der Waals surface area contributed by atoms with Crippen LogP contribution in [0.25, 0.3) is 6.08 Å². The van der Waals surface area contributed by atoms with Crippen LogP contribution in [0.3, 0.4) is 0 Å². The molecular formula is C19H18N2O2. The molecule has 0 aliphatic carbocycles. The van der Waals surface area contributed by atoms with Gasteiger partial charge in [-0.05, 0) is 48.0 Å². The Morgan fingerprint density at radius 3 is 2.35 bits per heavy atom. The minimum absolute atomic E-state index is 0.0244. The highest BCUT2D eigenvalue weighted by Gasteiger charge is 2.02. The van der Waals surface area contributed by atoms with Gasteiger partial charge in [-0.2, -0.15) is 5.26 Å². The lowest BCUT2D eigenvalue weighted by Crippen LogP contribution is -2.08. The number of hydrogen-bond acceptors (Lipinski definition) is 4. The lowest BCUT2D eigenvalue weighted by molar-refractivity contribution is 0.104. The van der Waals surface area contributed by atoms with Gasteiger partial charge in [0, 0.05) is 25.3 Å². The van der Waals surface area contributed by atoms with E-state index in [1.807, 2.05) is 61.5 Å². The number of carbonyl (C=O) groups is 1. The van der Waals surface area contributed by atoms with E-state index in [9.17, 15) is 4.79 Å². The van der Waals surface area contributed by atoms with Crippen LogP contribution >= 0.6 is 0 Å². The number of allylic oxidation sites excluding steroid dienone is 1. The number of ether oxygens (including phenoxy) is 1. The predicted octanol–water partition coefficient (Wildman–Crippen LogP) is 3.55. The Hall–Kier alpha value is -3.06. The van der Waals surface area contributed by atoms with Gasteiger partial charge in [0.2, 0.25) is 0 Å². The summed E-state index contributed by atoms with van der Waals surface area (Å²) >= 11 is 0. The first-order valence-corrected chi connectivity index (χ1v) is 7.20. The van der Waals surface area contributed by atoms with Gasteiger partial charge in [-0.1, -0.05) is 18.2 Å². The molecule has 116 valence electrons. The van der Waals surface area contributed by atoms with E-state index in [0.717, 1.165) is 11.3 Å². The Kier molecular flexibility index (Phi) is 5.54. The van der Waals surface area contributed by atoms with Crippen molar-refractivity contribution in [1.29, 1.82) is 5.26 Å². The molecule has 0 unspecified atom stereocenters. The van der Waals surface area contributed by atoms with Crippen LogP contribution in [0.2, 0.25) is 0 Å². The second-order valence-electron chi connectivity index (χ2n) is 5.15. The summed E-state index contributed by atoms with van der Waals surface area (Å²) in [4.78, 5) is 14.1. The van der Waals surface area contributed by atoms with Gasteiger partial charge in [0.25, 0.3) is 0 Å². The number of carbonyl (C=O) groups excluding carboxylic acids is 1.